The number of hydrazone groups is 1. The Labute approximate surface area is 221 Å². The molecule has 0 saturated heterocycles. The molecule has 1 saturated carbocycles. The van der Waals surface area contributed by atoms with Crippen molar-refractivity contribution in [1.29, 1.82) is 0 Å². The summed E-state index contributed by atoms with van der Waals surface area (Å²) in [6, 6.07) is 18.4. The summed E-state index contributed by atoms with van der Waals surface area (Å²) in [6.07, 6.45) is 4.41. The number of ether oxygens (including phenoxy) is 1. The zero-order chi connectivity index (χ0) is 25.9. The van der Waals surface area contributed by atoms with E-state index < -0.39 is 24.5 Å². The van der Waals surface area contributed by atoms with Crippen LogP contribution in [0.1, 0.15) is 46.8 Å². The van der Waals surface area contributed by atoms with Crippen molar-refractivity contribution in [3.63, 3.8) is 0 Å². The molecule has 8 heteroatoms. The van der Waals surface area contributed by atoms with E-state index in [4.69, 9.17) is 9.84 Å². The number of fused-ring (bicyclic) bond motifs is 1. The monoisotopic (exact) mass is 564 g/mol. The van der Waals surface area contributed by atoms with Crippen molar-refractivity contribution >= 4 is 39.6 Å². The maximum Gasteiger partial charge on any atom is 0.338 e. The number of hydrogen-bond acceptors (Lipinski definition) is 4. The van der Waals surface area contributed by atoms with Crippen LogP contribution < -0.4 is 0 Å². The highest BCUT2D eigenvalue weighted by Crippen LogP contribution is 2.44. The summed E-state index contributed by atoms with van der Waals surface area (Å²) in [5.74, 6) is -1.86. The average molecular weight is 565 g/mol. The number of halogens is 3. The van der Waals surface area contributed by atoms with Gasteiger partial charge in [-0.25, -0.2) is 18.6 Å². The second-order valence-corrected chi connectivity index (χ2v) is 9.94. The number of allylic oxidation sites excluding steroid dienone is 1. The fourth-order valence-corrected chi connectivity index (χ4v) is 5.09. The molecule has 5 rings (SSSR count). The molecule has 0 spiro atoms. The number of benzene rings is 3. The highest BCUT2D eigenvalue weighted by atomic mass is 79.9. The van der Waals surface area contributed by atoms with Gasteiger partial charge in [0, 0.05) is 10.4 Å². The zero-order valence-electron chi connectivity index (χ0n) is 19.7. The number of amides is 1. The molecule has 2 unspecified atom stereocenters. The van der Waals surface area contributed by atoms with E-state index in [0.717, 1.165) is 46.1 Å². The first-order chi connectivity index (χ1) is 17.9. The van der Waals surface area contributed by atoms with E-state index in [9.17, 15) is 18.4 Å². The lowest BCUT2D eigenvalue weighted by Gasteiger charge is -2.29. The first kappa shape index (κ1) is 25.0. The highest BCUT2D eigenvalue weighted by molar-refractivity contribution is 9.10. The van der Waals surface area contributed by atoms with Crippen molar-refractivity contribution in [2.24, 2.45) is 11.0 Å². The Morgan fingerprint density at radius 1 is 0.973 bits per heavy atom. The molecule has 2 aliphatic rings. The summed E-state index contributed by atoms with van der Waals surface area (Å²) < 4.78 is 33.2. The number of rotatable bonds is 5. The Morgan fingerprint density at radius 3 is 2.30 bits per heavy atom. The van der Waals surface area contributed by atoms with Gasteiger partial charge in [-0.1, -0.05) is 40.2 Å². The van der Waals surface area contributed by atoms with Crippen LogP contribution in [0.15, 0.2) is 87.9 Å². The van der Waals surface area contributed by atoms with Crippen LogP contribution in [-0.2, 0) is 9.53 Å². The largest absolute Gasteiger partial charge is 0.452 e. The number of hydrogen-bond donors (Lipinski definition) is 0. The van der Waals surface area contributed by atoms with Crippen molar-refractivity contribution in [2.75, 3.05) is 6.61 Å². The van der Waals surface area contributed by atoms with E-state index in [2.05, 4.69) is 15.9 Å². The summed E-state index contributed by atoms with van der Waals surface area (Å²) in [5.41, 5.74) is 3.67. The molecule has 5 nitrogen and oxygen atoms in total. The summed E-state index contributed by atoms with van der Waals surface area (Å²) in [4.78, 5) is 25.8. The smallest absolute Gasteiger partial charge is 0.338 e. The Bertz CT molecular complexity index is 1370. The molecule has 0 radical (unpaired) electrons. The predicted octanol–water partition coefficient (Wildman–Crippen LogP) is 6.71. The van der Waals surface area contributed by atoms with Gasteiger partial charge in [0.05, 0.1) is 17.3 Å². The van der Waals surface area contributed by atoms with Gasteiger partial charge in [-0.15, -0.1) is 0 Å². The number of nitrogens with zero attached hydrogens (tertiary/aromatic N) is 2. The Hall–Kier alpha value is -3.65. The van der Waals surface area contributed by atoms with Crippen LogP contribution >= 0.6 is 15.9 Å². The van der Waals surface area contributed by atoms with Crippen LogP contribution in [0.2, 0.25) is 0 Å². The first-order valence-electron chi connectivity index (χ1n) is 11.9. The molecule has 37 heavy (non-hydrogen) atoms. The minimum Gasteiger partial charge on any atom is -0.452 e. The maximum absolute atomic E-state index is 13.7. The lowest BCUT2D eigenvalue weighted by molar-refractivity contribution is -0.137. The summed E-state index contributed by atoms with van der Waals surface area (Å²) in [7, 11) is 0. The first-order valence-corrected chi connectivity index (χ1v) is 12.7. The van der Waals surface area contributed by atoms with Crippen LogP contribution in [-0.4, -0.2) is 29.2 Å². The fourth-order valence-electron chi connectivity index (χ4n) is 4.82. The summed E-state index contributed by atoms with van der Waals surface area (Å²) in [6.45, 7) is -0.479. The van der Waals surface area contributed by atoms with Crippen molar-refractivity contribution in [1.82, 2.24) is 5.01 Å². The normalized spacial score (nSPS) is 19.9. The molecule has 3 aromatic rings. The average Bonchev–Trinajstić information content (AvgIpc) is 3.30. The third-order valence-electron chi connectivity index (χ3n) is 6.59. The SMILES string of the molecule is O=C(OCC(=O)N1N=C2C(=Cc3ccc(F)cc3)CCCC2C1c1ccc(F)cc1)c1ccc(Br)cc1. The Balaban J connectivity index is 1.43. The predicted molar refractivity (Wildman–Crippen MR) is 140 cm³/mol. The molecular formula is C29H23BrF2N2O3. The molecular weight excluding hydrogens is 542 g/mol. The second kappa shape index (κ2) is 10.8. The highest BCUT2D eigenvalue weighted by Gasteiger charge is 2.43. The van der Waals surface area contributed by atoms with Crippen LogP contribution in [0.4, 0.5) is 8.78 Å². The third kappa shape index (κ3) is 5.54. The van der Waals surface area contributed by atoms with Gasteiger partial charge < -0.3 is 4.74 Å². The van der Waals surface area contributed by atoms with E-state index in [0.29, 0.717) is 5.56 Å². The van der Waals surface area contributed by atoms with E-state index in [1.807, 2.05) is 6.08 Å². The van der Waals surface area contributed by atoms with Crippen molar-refractivity contribution < 1.29 is 23.1 Å². The number of carbonyl (C=O) groups excluding carboxylic acids is 2. The number of esters is 1. The van der Waals surface area contributed by atoms with E-state index >= 15 is 0 Å². The molecule has 1 heterocycles. The maximum atomic E-state index is 13.7. The quantitative estimate of drug-likeness (QED) is 0.324. The minimum atomic E-state index is -0.611. The second-order valence-electron chi connectivity index (χ2n) is 9.02. The van der Waals surface area contributed by atoms with Crippen LogP contribution in [0.25, 0.3) is 6.08 Å². The van der Waals surface area contributed by atoms with Crippen molar-refractivity contribution in [3.05, 3.63) is 111 Å². The molecule has 0 aromatic heterocycles. The number of carbonyl (C=O) groups is 2. The van der Waals surface area contributed by atoms with E-state index in [-0.39, 0.29) is 17.6 Å². The van der Waals surface area contributed by atoms with Crippen molar-refractivity contribution in [2.45, 2.75) is 25.3 Å². The molecule has 1 amide bonds. The molecule has 1 aliphatic carbocycles. The van der Waals surface area contributed by atoms with E-state index in [1.54, 1.807) is 48.5 Å². The lowest BCUT2D eigenvalue weighted by atomic mass is 9.77. The van der Waals surface area contributed by atoms with Crippen molar-refractivity contribution in [3.8, 4) is 0 Å². The third-order valence-corrected chi connectivity index (χ3v) is 7.11. The van der Waals surface area contributed by atoms with E-state index in [1.165, 1.54) is 29.3 Å². The molecule has 1 aliphatic heterocycles. The molecule has 0 bridgehead atoms. The molecule has 188 valence electrons. The standard InChI is InChI=1S/C29H23BrF2N2O3/c30-22-10-6-20(7-11-22)29(36)37-17-26(35)34-28(19-8-14-24(32)15-9-19)25-3-1-2-21(27(25)33-34)16-18-4-12-23(31)13-5-18/h4-16,25,28H,1-3,17H2. The van der Waals surface area contributed by atoms with Gasteiger partial charge in [0.2, 0.25) is 0 Å². The van der Waals surface area contributed by atoms with Gasteiger partial charge in [0.15, 0.2) is 6.61 Å². The van der Waals surface area contributed by atoms with Crippen LogP contribution in [0, 0.1) is 17.6 Å². The fraction of sp³-hybridized carbons (Fsp3) is 0.207. The van der Waals surface area contributed by atoms with Gasteiger partial charge in [0.1, 0.15) is 11.6 Å². The van der Waals surface area contributed by atoms with Gasteiger partial charge >= 0.3 is 5.97 Å². The Morgan fingerprint density at radius 2 is 1.62 bits per heavy atom. The van der Waals surface area contributed by atoms with Crippen LogP contribution in [0.5, 0.6) is 0 Å². The molecule has 0 N–H and O–H groups in total. The molecule has 2 atom stereocenters. The minimum absolute atomic E-state index is 0.1000. The van der Waals surface area contributed by atoms with Gasteiger partial charge in [0.25, 0.3) is 5.91 Å². The van der Waals surface area contributed by atoms with Gasteiger partial charge in [-0.05, 0) is 90.6 Å². The zero-order valence-corrected chi connectivity index (χ0v) is 21.3. The molecule has 3 aromatic carbocycles. The van der Waals surface area contributed by atoms with Gasteiger partial charge in [-0.2, -0.15) is 5.10 Å². The topological polar surface area (TPSA) is 59.0 Å². The lowest BCUT2D eigenvalue weighted by Crippen LogP contribution is -2.34. The Kier molecular flexibility index (Phi) is 7.28. The molecule has 1 fully saturated rings. The van der Waals surface area contributed by atoms with Crippen LogP contribution in [0.3, 0.4) is 0 Å². The van der Waals surface area contributed by atoms with Gasteiger partial charge in [-0.3, -0.25) is 4.79 Å². The summed E-state index contributed by atoms with van der Waals surface area (Å²) in [5, 5.41) is 6.08. The summed E-state index contributed by atoms with van der Waals surface area (Å²) >= 11 is 3.32.